The predicted octanol–water partition coefficient (Wildman–Crippen LogP) is 26.7. The lowest BCUT2D eigenvalue weighted by Gasteiger charge is -2.08. The van der Waals surface area contributed by atoms with Crippen LogP contribution in [0, 0.1) is 23.7 Å². The van der Waals surface area contributed by atoms with Crippen molar-refractivity contribution in [1.29, 1.82) is 0 Å². The quantitative estimate of drug-likeness (QED) is 0.0403. The van der Waals surface area contributed by atoms with Gasteiger partial charge in [-0.05, 0) is 207 Å². The summed E-state index contributed by atoms with van der Waals surface area (Å²) in [6.45, 7) is 60.4. The van der Waals surface area contributed by atoms with Gasteiger partial charge in [0, 0.05) is 189 Å². The smallest absolute Gasteiger partial charge is 0.192 e. The molecule has 0 N–H and O–H groups in total. The van der Waals surface area contributed by atoms with Gasteiger partial charge < -0.3 is 0 Å². The van der Waals surface area contributed by atoms with E-state index in [-0.39, 0.29) is 121 Å². The Hall–Kier alpha value is -5.70. The van der Waals surface area contributed by atoms with E-state index in [1.165, 1.54) is 213 Å². The van der Waals surface area contributed by atoms with Crippen LogP contribution in [0.5, 0.6) is 0 Å². The van der Waals surface area contributed by atoms with Crippen molar-refractivity contribution in [3.8, 4) is 0 Å². The highest BCUT2D eigenvalue weighted by Gasteiger charge is 2.28. The van der Waals surface area contributed by atoms with Crippen LogP contribution in [0.25, 0.3) is 0 Å². The van der Waals surface area contributed by atoms with E-state index in [4.69, 9.17) is 0 Å². The van der Waals surface area contributed by atoms with Gasteiger partial charge in [-0.3, -0.25) is 95.9 Å². The van der Waals surface area contributed by atoms with Gasteiger partial charge in [0.15, 0.2) is 109 Å². The lowest BCUT2D eigenvalue weighted by Crippen LogP contribution is -2.11. The summed E-state index contributed by atoms with van der Waals surface area (Å²) in [7, 11) is 0. The summed E-state index contributed by atoms with van der Waals surface area (Å²) in [5, 5.41) is 1.61. The second-order valence-electron chi connectivity index (χ2n) is 32.3. The van der Waals surface area contributed by atoms with Gasteiger partial charge in [0.1, 0.15) is 0 Å². The summed E-state index contributed by atoms with van der Waals surface area (Å²) in [5.74, 6) is 10.4. The third-order valence-electron chi connectivity index (χ3n) is 18.5. The second kappa shape index (κ2) is 103. The molecule has 2 aliphatic rings. The van der Waals surface area contributed by atoms with Gasteiger partial charge in [0.2, 0.25) is 0 Å². The molecule has 0 aromatic rings. The van der Waals surface area contributed by atoms with Gasteiger partial charge in [0.25, 0.3) is 0 Å². The highest BCUT2D eigenvalue weighted by molar-refractivity contribution is 8.15. The normalized spacial score (nSPS) is 12.6. The van der Waals surface area contributed by atoms with E-state index in [2.05, 4.69) is 79.6 Å². The summed E-state index contributed by atoms with van der Waals surface area (Å²) < 4.78 is 0. The van der Waals surface area contributed by atoms with Crippen LogP contribution >= 0.6 is 118 Å². The molecule has 2 saturated heterocycles. The van der Waals surface area contributed by atoms with Gasteiger partial charge in [0.05, 0.1) is 0 Å². The number of hydrogen-bond donors (Lipinski definition) is 0. The first-order chi connectivity index (χ1) is 63.4. The van der Waals surface area contributed by atoms with Crippen molar-refractivity contribution in [1.82, 2.24) is 0 Å². The number of carbonyl (C=O) groups is 20. The Labute approximate surface area is 855 Å². The minimum absolute atomic E-state index is 0.0224. The number of allylic oxidation sites excluding steroid dienone is 10. The molecule has 135 heavy (non-hydrogen) atoms. The Morgan fingerprint density at radius 1 is 0.267 bits per heavy atom. The van der Waals surface area contributed by atoms with Crippen LogP contribution in [0.1, 0.15) is 335 Å². The fourth-order valence-electron chi connectivity index (χ4n) is 10.5. The van der Waals surface area contributed by atoms with E-state index in [9.17, 15) is 95.9 Å². The Kier molecular flexibility index (Phi) is 110. The molecular weight excluding hydrogens is 1900 g/mol. The van der Waals surface area contributed by atoms with Crippen LogP contribution in [0.2, 0.25) is 0 Å². The van der Waals surface area contributed by atoms with Gasteiger partial charge >= 0.3 is 0 Å². The van der Waals surface area contributed by atoms with Gasteiger partial charge in [-0.2, -0.15) is 0 Å². The number of rotatable bonds is 64. The summed E-state index contributed by atoms with van der Waals surface area (Å²) in [5.41, 5.74) is 3.10. The van der Waals surface area contributed by atoms with Crippen molar-refractivity contribution < 1.29 is 95.9 Å². The Bertz CT molecular complexity index is 3680. The number of hydrogen-bond acceptors (Lipinski definition) is 30. The molecule has 20 nitrogen and oxygen atoms in total. The molecule has 2 aliphatic heterocycles. The number of ketones is 10. The fraction of sp³-hybridized carbons (Fsp3) is 0.619. The lowest BCUT2D eigenvalue weighted by molar-refractivity contribution is -0.121. The van der Waals surface area contributed by atoms with Crippen LogP contribution in [0.4, 0.5) is 0 Å². The number of Topliss-reactive ketones (excluding diaryl/α,β-unsaturated/α-hetero) is 5. The van der Waals surface area contributed by atoms with Crippen molar-refractivity contribution in [2.75, 3.05) is 57.5 Å². The van der Waals surface area contributed by atoms with Gasteiger partial charge in [-0.25, -0.2) is 0 Å². The predicted molar refractivity (Wildman–Crippen MR) is 587 cm³/mol. The molecule has 2 fully saturated rings. The van der Waals surface area contributed by atoms with Gasteiger partial charge in [-0.15, -0.1) is 0 Å². The Morgan fingerprint density at radius 3 is 0.733 bits per heavy atom. The number of unbranched alkanes of at least 4 members (excludes halogenated alkanes) is 14. The first-order valence-electron chi connectivity index (χ1n) is 46.5. The molecular formula is C105H166O20S10. The minimum Gasteiger partial charge on any atom is -0.295 e. The topological polar surface area (TPSA) is 341 Å². The Balaban J connectivity index is -0.000000222. The molecule has 766 valence electrons. The SMILES string of the molecule is C=C(C)C(=O)CC1CCSC1=O.C=C(C)C(=O)CCCC(C)CSC(C)=O.C=C(C)C(=O)CCCCCCCCCSC(C)=O.C=C(C)C(=O)CCCCSC(C)=O.C=C(C)C(=O)CCCSC(C)=O.C=CC(=O)CC1CCSC1=O.C=CC(=O)CCCC(C)CSC(C)=O.C=CC(=O)CCCCCCCCCSC(C)=O.C=CC(=O)CCCCSC(C)=O.C=CC(=O)CCCSC(C)=O. The molecule has 0 aromatic carbocycles. The zero-order valence-electron chi connectivity index (χ0n) is 84.5. The first-order valence-corrected chi connectivity index (χ1v) is 56.4. The van der Waals surface area contributed by atoms with Gasteiger partial charge in [-0.1, -0.05) is 261 Å². The molecule has 0 radical (unpaired) electrons. The molecule has 0 aromatic heterocycles. The van der Waals surface area contributed by atoms with Crippen LogP contribution < -0.4 is 0 Å². The van der Waals surface area contributed by atoms with E-state index in [1.807, 2.05) is 0 Å². The van der Waals surface area contributed by atoms with Crippen LogP contribution in [-0.4, -0.2) is 167 Å². The maximum absolute atomic E-state index is 11.3. The molecule has 0 bridgehead atoms. The zero-order valence-corrected chi connectivity index (χ0v) is 92.7. The van der Waals surface area contributed by atoms with E-state index >= 15 is 0 Å². The summed E-state index contributed by atoms with van der Waals surface area (Å²) in [4.78, 5) is 217. The maximum Gasteiger partial charge on any atom is 0.192 e. The van der Waals surface area contributed by atoms with E-state index < -0.39 is 0 Å². The molecule has 0 saturated carbocycles. The monoisotopic (exact) mass is 2070 g/mol. The van der Waals surface area contributed by atoms with E-state index in [1.54, 1.807) is 76.2 Å². The minimum atomic E-state index is -0.0424. The first kappa shape index (κ1) is 145. The summed E-state index contributed by atoms with van der Waals surface area (Å²) >= 11 is 13.4. The van der Waals surface area contributed by atoms with Crippen LogP contribution in [-0.2, 0) is 95.9 Å². The molecule has 0 spiro atoms. The zero-order chi connectivity index (χ0) is 105. The van der Waals surface area contributed by atoms with E-state index in [0.717, 1.165) is 173 Å². The standard InChI is InChI=1S/C15H26O2S.C14H24O2S.C12H20O2S.C11H18O2S.C10H16O2S.C9H12O2S.2C9H14O2S.C8H10O2S.C8H12O2S/c1-13(2)15(17)11-9-7-5-4-6-8-10-12-18-14(3)16;1-3-14(16)11-9-7-5-4-6-8-10-12-17-13(2)15;1-9(2)12(14)7-5-6-10(3)8-15-11(4)13;1-4-11(13)7-5-6-9(2)8-14-10(3)12;1-8(2)10(12)6-4-5-7-13-9(3)11;1-6(2)8(10)5-7-3-4-12-9(7)11;1-7(2)9(11)5-4-6-12-8(3)10;1-3-9(11)6-4-5-7-12-8(2)10;1-2-7(9)5-6-3-4-11-8(6)10;1-3-8(10)5-4-6-11-7(2)9/h1,4-12H2,2-3H3;3H,1,4-12H2,2H3;10H,1,5-8H2,2-4H3;4,9H,1,5-8H2,2-3H3;1,4-7H2,2-3H3;7H,1,3-5H2,2H3;1,4-6H2,2-3H3;3H,1,4-7H2,2H3;2,6H,1,3-5H2;3H,1,4-6H2,2H3. The molecule has 0 amide bonds. The molecule has 0 aliphatic carbocycles. The summed E-state index contributed by atoms with van der Waals surface area (Å²) in [6.07, 6.45) is 39.0. The highest BCUT2D eigenvalue weighted by atomic mass is 32.2. The van der Waals surface area contributed by atoms with Crippen LogP contribution in [0.15, 0.2) is 124 Å². The van der Waals surface area contributed by atoms with E-state index in [0.29, 0.717) is 104 Å². The van der Waals surface area contributed by atoms with Crippen molar-refractivity contribution >= 4 is 227 Å². The molecule has 4 atom stereocenters. The average molecular weight is 2070 g/mol. The third-order valence-corrected chi connectivity index (χ3v) is 28.3. The van der Waals surface area contributed by atoms with Crippen molar-refractivity contribution in [3.63, 3.8) is 0 Å². The largest absolute Gasteiger partial charge is 0.295 e. The third kappa shape index (κ3) is 121. The second-order valence-corrected chi connectivity index (χ2v) is 44.5. The molecule has 2 heterocycles. The van der Waals surface area contributed by atoms with Crippen molar-refractivity contribution in [2.45, 2.75) is 335 Å². The average Bonchev–Trinajstić information content (AvgIpc) is 1.78. The fourth-order valence-corrected chi connectivity index (χ4v) is 17.6. The molecule has 2 rings (SSSR count). The van der Waals surface area contributed by atoms with Crippen molar-refractivity contribution in [2.24, 2.45) is 23.7 Å². The highest BCUT2D eigenvalue weighted by Crippen LogP contribution is 2.30. The summed E-state index contributed by atoms with van der Waals surface area (Å²) in [6, 6.07) is 0. The number of thioether (sulfide) groups is 10. The molecule has 30 heteroatoms. The van der Waals surface area contributed by atoms with Crippen molar-refractivity contribution in [3.05, 3.63) is 124 Å². The van der Waals surface area contributed by atoms with Crippen LogP contribution in [0.3, 0.4) is 0 Å². The lowest BCUT2D eigenvalue weighted by atomic mass is 9.99. The Morgan fingerprint density at radius 2 is 0.467 bits per heavy atom. The maximum atomic E-state index is 11.3. The number of carbonyl (C=O) groups excluding carboxylic acids is 20. The molecule has 4 unspecified atom stereocenters.